The summed E-state index contributed by atoms with van der Waals surface area (Å²) in [5.41, 5.74) is 3.33. The highest BCUT2D eigenvalue weighted by molar-refractivity contribution is 6.16. The molecule has 0 fully saturated rings. The summed E-state index contributed by atoms with van der Waals surface area (Å²) in [5, 5.41) is 13.8. The van der Waals surface area contributed by atoms with Crippen molar-refractivity contribution in [3.8, 4) is 0 Å². The van der Waals surface area contributed by atoms with Gasteiger partial charge in [0.2, 0.25) is 0 Å². The summed E-state index contributed by atoms with van der Waals surface area (Å²) in [5.74, 6) is -1.24. The number of anilines is 1. The maximum absolute atomic E-state index is 13.2. The number of aliphatic imine (C=N–C) groups is 1. The van der Waals surface area contributed by atoms with Crippen LogP contribution in [0.5, 0.6) is 0 Å². The normalized spacial score (nSPS) is 14.9. The molecule has 4 rings (SSSR count). The maximum atomic E-state index is 13.2. The Morgan fingerprint density at radius 3 is 2.37 bits per heavy atom. The predicted octanol–water partition coefficient (Wildman–Crippen LogP) is 5.28. The summed E-state index contributed by atoms with van der Waals surface area (Å²) < 4.78 is 0. The van der Waals surface area contributed by atoms with Gasteiger partial charge in [-0.2, -0.15) is 0 Å². The van der Waals surface area contributed by atoms with Crippen LogP contribution < -0.4 is 5.32 Å². The van der Waals surface area contributed by atoms with E-state index >= 15 is 0 Å². The highest BCUT2D eigenvalue weighted by atomic mass is 16.4. The number of dihydropyridines is 1. The van der Waals surface area contributed by atoms with Crippen LogP contribution in [0.15, 0.2) is 71.7 Å². The smallest absolute Gasteiger partial charge is 0.335 e. The molecule has 3 aromatic carbocycles. The molecule has 0 aliphatic carbocycles. The fourth-order valence-corrected chi connectivity index (χ4v) is 3.82. The van der Waals surface area contributed by atoms with E-state index < -0.39 is 5.97 Å². The van der Waals surface area contributed by atoms with Crippen molar-refractivity contribution in [3.05, 3.63) is 83.4 Å². The number of nitrogens with one attached hydrogen (secondary N) is 1. The minimum atomic E-state index is -1.00. The number of nitrogens with zero attached hydrogens (tertiary/aromatic N) is 1. The molecule has 2 N–H and O–H groups in total. The van der Waals surface area contributed by atoms with Crippen LogP contribution in [0.3, 0.4) is 0 Å². The zero-order valence-corrected chi connectivity index (χ0v) is 16.8. The number of amides is 1. The summed E-state index contributed by atoms with van der Waals surface area (Å²) in [6.45, 7) is 5.00. The van der Waals surface area contributed by atoms with Crippen molar-refractivity contribution >= 4 is 40.1 Å². The van der Waals surface area contributed by atoms with Crippen LogP contribution in [0.4, 0.5) is 5.69 Å². The van der Waals surface area contributed by atoms with Gasteiger partial charge in [-0.15, -0.1) is 0 Å². The number of carbonyl (C=O) groups excluding carboxylic acids is 1. The minimum Gasteiger partial charge on any atom is -0.478 e. The number of rotatable bonds is 4. The first-order valence-corrected chi connectivity index (χ1v) is 9.74. The lowest BCUT2D eigenvalue weighted by atomic mass is 9.77. The third kappa shape index (κ3) is 3.62. The summed E-state index contributed by atoms with van der Waals surface area (Å²) in [6.07, 6.45) is 3.85. The fourth-order valence-electron chi connectivity index (χ4n) is 3.82. The van der Waals surface area contributed by atoms with Gasteiger partial charge in [0.15, 0.2) is 0 Å². The van der Waals surface area contributed by atoms with E-state index in [1.165, 1.54) is 12.1 Å². The average Bonchev–Trinajstić information content (AvgIpc) is 2.73. The standard InChI is InChI=1S/C25H22N2O3/c1-25(2)15-26-14-13-21(25)19-7-3-5-16-6-4-8-20(22(16)19)23(28)27-18-11-9-17(10-12-18)24(29)30/h3-14H,15H2,1-2H3,(H,27,28)(H,29,30). The van der Waals surface area contributed by atoms with E-state index in [2.05, 4.69) is 24.2 Å². The molecule has 1 aliphatic rings. The Kier molecular flexibility index (Phi) is 4.96. The molecule has 0 radical (unpaired) electrons. The van der Waals surface area contributed by atoms with Crippen molar-refractivity contribution in [2.75, 3.05) is 11.9 Å². The van der Waals surface area contributed by atoms with Gasteiger partial charge in [-0.3, -0.25) is 9.79 Å². The van der Waals surface area contributed by atoms with E-state index in [0.29, 0.717) is 17.8 Å². The van der Waals surface area contributed by atoms with E-state index in [4.69, 9.17) is 5.11 Å². The zero-order valence-electron chi connectivity index (χ0n) is 16.8. The van der Waals surface area contributed by atoms with Gasteiger partial charge in [-0.05, 0) is 52.9 Å². The Labute approximate surface area is 174 Å². The second-order valence-corrected chi connectivity index (χ2v) is 8.00. The van der Waals surface area contributed by atoms with E-state index in [-0.39, 0.29) is 16.9 Å². The minimum absolute atomic E-state index is 0.140. The van der Waals surface area contributed by atoms with Crippen LogP contribution in [-0.2, 0) is 0 Å². The molecular weight excluding hydrogens is 376 g/mol. The van der Waals surface area contributed by atoms with Crippen molar-refractivity contribution in [2.24, 2.45) is 10.4 Å². The van der Waals surface area contributed by atoms with Gasteiger partial charge in [0.25, 0.3) is 5.91 Å². The largest absolute Gasteiger partial charge is 0.478 e. The zero-order chi connectivity index (χ0) is 21.3. The first-order chi connectivity index (χ1) is 14.4. The highest BCUT2D eigenvalue weighted by Gasteiger charge is 2.28. The molecule has 1 aliphatic heterocycles. The van der Waals surface area contributed by atoms with Gasteiger partial charge >= 0.3 is 5.97 Å². The van der Waals surface area contributed by atoms with Crippen LogP contribution in [0.25, 0.3) is 16.3 Å². The molecule has 0 aromatic heterocycles. The number of hydrogen-bond donors (Lipinski definition) is 2. The van der Waals surface area contributed by atoms with Gasteiger partial charge in [0, 0.05) is 34.8 Å². The second kappa shape index (κ2) is 7.59. The number of allylic oxidation sites excluding steroid dienone is 1. The van der Waals surface area contributed by atoms with E-state index in [0.717, 1.165) is 21.9 Å². The molecule has 0 unspecified atom stereocenters. The molecular formula is C25H22N2O3. The number of carboxylic acid groups (broad SMARTS) is 1. The Morgan fingerprint density at radius 2 is 1.70 bits per heavy atom. The number of carbonyl (C=O) groups is 2. The third-order valence-electron chi connectivity index (χ3n) is 5.39. The molecule has 5 nitrogen and oxygen atoms in total. The summed E-state index contributed by atoms with van der Waals surface area (Å²) in [6, 6.07) is 17.9. The molecule has 1 amide bonds. The molecule has 0 spiro atoms. The van der Waals surface area contributed by atoms with Crippen LogP contribution in [0, 0.1) is 5.41 Å². The quantitative estimate of drug-likeness (QED) is 0.627. The summed E-state index contributed by atoms with van der Waals surface area (Å²) in [4.78, 5) is 28.6. The first-order valence-electron chi connectivity index (χ1n) is 9.74. The lowest BCUT2D eigenvalue weighted by Crippen LogP contribution is -2.21. The maximum Gasteiger partial charge on any atom is 0.335 e. The monoisotopic (exact) mass is 398 g/mol. The van der Waals surface area contributed by atoms with Gasteiger partial charge in [-0.1, -0.05) is 44.2 Å². The molecule has 0 saturated carbocycles. The lowest BCUT2D eigenvalue weighted by Gasteiger charge is -2.30. The van der Waals surface area contributed by atoms with E-state index in [1.807, 2.05) is 48.7 Å². The number of fused-ring (bicyclic) bond motifs is 1. The Balaban J connectivity index is 1.78. The number of benzene rings is 3. The molecule has 5 heteroatoms. The fraction of sp³-hybridized carbons (Fsp3) is 0.160. The van der Waals surface area contributed by atoms with Gasteiger partial charge in [-0.25, -0.2) is 4.79 Å². The number of hydrogen-bond acceptors (Lipinski definition) is 3. The lowest BCUT2D eigenvalue weighted by molar-refractivity contribution is 0.0696. The SMILES string of the molecule is CC1(C)CN=CC=C1c1cccc2cccc(C(=O)Nc3ccc(C(=O)O)cc3)c12. The van der Waals surface area contributed by atoms with Crippen molar-refractivity contribution in [2.45, 2.75) is 13.8 Å². The predicted molar refractivity (Wildman–Crippen MR) is 120 cm³/mol. The van der Waals surface area contributed by atoms with E-state index in [9.17, 15) is 9.59 Å². The average molecular weight is 398 g/mol. The molecule has 0 bridgehead atoms. The van der Waals surface area contributed by atoms with Crippen LogP contribution in [0.2, 0.25) is 0 Å². The highest BCUT2D eigenvalue weighted by Crippen LogP contribution is 2.40. The Bertz CT molecular complexity index is 1200. The Morgan fingerprint density at radius 1 is 1.00 bits per heavy atom. The molecule has 1 heterocycles. The molecule has 150 valence electrons. The second-order valence-electron chi connectivity index (χ2n) is 8.00. The van der Waals surface area contributed by atoms with Crippen LogP contribution in [-0.4, -0.2) is 29.7 Å². The number of carboxylic acids is 1. The molecule has 30 heavy (non-hydrogen) atoms. The Hall–Kier alpha value is -3.73. The van der Waals surface area contributed by atoms with Gasteiger partial charge < -0.3 is 10.4 Å². The first kappa shape index (κ1) is 19.6. The van der Waals surface area contributed by atoms with Crippen molar-refractivity contribution in [1.82, 2.24) is 0 Å². The summed E-state index contributed by atoms with van der Waals surface area (Å²) in [7, 11) is 0. The molecule has 3 aromatic rings. The summed E-state index contributed by atoms with van der Waals surface area (Å²) >= 11 is 0. The number of aromatic carboxylic acids is 1. The van der Waals surface area contributed by atoms with Crippen LogP contribution >= 0.6 is 0 Å². The van der Waals surface area contributed by atoms with Crippen molar-refractivity contribution in [3.63, 3.8) is 0 Å². The van der Waals surface area contributed by atoms with Gasteiger partial charge in [0.1, 0.15) is 0 Å². The van der Waals surface area contributed by atoms with Crippen LogP contribution in [0.1, 0.15) is 40.1 Å². The van der Waals surface area contributed by atoms with Gasteiger partial charge in [0.05, 0.1) is 5.56 Å². The topological polar surface area (TPSA) is 78.8 Å². The molecule has 0 atom stereocenters. The van der Waals surface area contributed by atoms with Crippen molar-refractivity contribution in [1.29, 1.82) is 0 Å². The molecule has 0 saturated heterocycles. The van der Waals surface area contributed by atoms with Crippen molar-refractivity contribution < 1.29 is 14.7 Å². The third-order valence-corrected chi connectivity index (χ3v) is 5.39. The van der Waals surface area contributed by atoms with E-state index in [1.54, 1.807) is 12.1 Å².